The van der Waals surface area contributed by atoms with E-state index in [1.807, 2.05) is 0 Å². The van der Waals surface area contributed by atoms with Gasteiger partial charge in [0.25, 0.3) is 0 Å². The molecule has 0 aromatic rings. The SMILES string of the molecule is CC(C)CC(C(=O)O)(N(Cl)Cl)P(=O)(O)O. The molecule has 0 aliphatic rings. The van der Waals surface area contributed by atoms with E-state index in [9.17, 15) is 9.36 Å². The lowest BCUT2D eigenvalue weighted by Crippen LogP contribution is -2.47. The molecule has 0 aliphatic carbocycles. The first kappa shape index (κ1) is 15.2. The van der Waals surface area contributed by atoms with Crippen molar-refractivity contribution in [3.8, 4) is 0 Å². The van der Waals surface area contributed by atoms with E-state index in [0.29, 0.717) is 0 Å². The molecule has 6 nitrogen and oxygen atoms in total. The number of carboxylic acid groups (broad SMARTS) is 1. The molecule has 15 heavy (non-hydrogen) atoms. The maximum absolute atomic E-state index is 11.2. The van der Waals surface area contributed by atoms with Crippen molar-refractivity contribution in [1.82, 2.24) is 3.94 Å². The van der Waals surface area contributed by atoms with Crippen LogP contribution in [0.3, 0.4) is 0 Å². The van der Waals surface area contributed by atoms with E-state index in [2.05, 4.69) is 0 Å². The quantitative estimate of drug-likeness (QED) is 0.522. The van der Waals surface area contributed by atoms with E-state index in [4.69, 9.17) is 38.4 Å². The fraction of sp³-hybridized carbons (Fsp3) is 0.833. The van der Waals surface area contributed by atoms with E-state index in [0.717, 1.165) is 0 Å². The van der Waals surface area contributed by atoms with Crippen LogP contribution in [0.25, 0.3) is 0 Å². The van der Waals surface area contributed by atoms with Crippen molar-refractivity contribution in [3.05, 3.63) is 0 Å². The van der Waals surface area contributed by atoms with Crippen LogP contribution in [0.2, 0.25) is 0 Å². The van der Waals surface area contributed by atoms with E-state index in [-0.39, 0.29) is 16.3 Å². The van der Waals surface area contributed by atoms with Gasteiger partial charge >= 0.3 is 13.6 Å². The molecule has 0 radical (unpaired) electrons. The van der Waals surface area contributed by atoms with Gasteiger partial charge in [-0.3, -0.25) is 4.57 Å². The molecule has 9 heteroatoms. The Bertz CT molecular complexity index is 291. The van der Waals surface area contributed by atoms with Crippen LogP contribution in [0, 0.1) is 5.92 Å². The van der Waals surface area contributed by atoms with Crippen molar-refractivity contribution in [2.24, 2.45) is 5.92 Å². The van der Waals surface area contributed by atoms with E-state index in [1.54, 1.807) is 13.8 Å². The standard InChI is InChI=1S/C6H12Cl2NO5P/c1-4(2)3-6(5(10)11,9(7)8)15(12,13)14/h4H,3H2,1-2H3,(H,10,11)(H2,12,13,14). The summed E-state index contributed by atoms with van der Waals surface area (Å²) in [5.74, 6) is -2.05. The highest BCUT2D eigenvalue weighted by atomic mass is 35.5. The number of hydrogen-bond acceptors (Lipinski definition) is 3. The molecule has 0 fully saturated rings. The van der Waals surface area contributed by atoms with Gasteiger partial charge in [-0.15, -0.1) is 3.94 Å². The van der Waals surface area contributed by atoms with E-state index < -0.39 is 18.8 Å². The topological polar surface area (TPSA) is 98.1 Å². The van der Waals surface area contributed by atoms with Crippen LogP contribution in [-0.4, -0.2) is 30.1 Å². The van der Waals surface area contributed by atoms with Gasteiger partial charge in [0.1, 0.15) is 0 Å². The minimum Gasteiger partial charge on any atom is -0.479 e. The van der Waals surface area contributed by atoms with Gasteiger partial charge in [0.2, 0.25) is 5.28 Å². The van der Waals surface area contributed by atoms with Gasteiger partial charge in [0.15, 0.2) is 0 Å². The molecular formula is C6H12Cl2NO5P. The molecule has 1 unspecified atom stereocenters. The maximum atomic E-state index is 11.2. The van der Waals surface area contributed by atoms with Crippen LogP contribution in [-0.2, 0) is 9.36 Å². The Balaban J connectivity index is 5.50. The van der Waals surface area contributed by atoms with Crippen LogP contribution >= 0.6 is 31.1 Å². The van der Waals surface area contributed by atoms with Crippen molar-refractivity contribution in [3.63, 3.8) is 0 Å². The van der Waals surface area contributed by atoms with Crippen molar-refractivity contribution >= 4 is 37.1 Å². The summed E-state index contributed by atoms with van der Waals surface area (Å²) in [6.45, 7) is 3.20. The number of aliphatic carboxylic acids is 1. The van der Waals surface area contributed by atoms with Crippen LogP contribution < -0.4 is 0 Å². The molecule has 0 amide bonds. The zero-order valence-electron chi connectivity index (χ0n) is 8.09. The van der Waals surface area contributed by atoms with Gasteiger partial charge in [0, 0.05) is 0 Å². The Morgan fingerprint density at radius 2 is 1.87 bits per heavy atom. The third-order valence-corrected chi connectivity index (χ3v) is 4.15. The molecule has 1 atom stereocenters. The second-order valence-electron chi connectivity index (χ2n) is 3.50. The van der Waals surface area contributed by atoms with Gasteiger partial charge in [-0.1, -0.05) is 13.8 Å². The molecule has 0 rings (SSSR count). The smallest absolute Gasteiger partial charge is 0.359 e. The zero-order chi connectivity index (χ0) is 12.4. The molecule has 90 valence electrons. The van der Waals surface area contributed by atoms with E-state index in [1.165, 1.54) is 0 Å². The van der Waals surface area contributed by atoms with Gasteiger partial charge < -0.3 is 14.9 Å². The monoisotopic (exact) mass is 279 g/mol. The Hall–Kier alpha value is 0.160. The third-order valence-electron chi connectivity index (χ3n) is 1.80. The molecular weight excluding hydrogens is 268 g/mol. The first-order valence-electron chi connectivity index (χ1n) is 3.96. The van der Waals surface area contributed by atoms with Crippen molar-refractivity contribution in [1.29, 1.82) is 0 Å². The lowest BCUT2D eigenvalue weighted by Gasteiger charge is -2.33. The summed E-state index contributed by atoms with van der Waals surface area (Å²) in [5.41, 5.74) is 0. The minimum absolute atomic E-state index is 0.0239. The summed E-state index contributed by atoms with van der Waals surface area (Å²) in [7, 11) is -5.01. The molecule has 0 saturated carbocycles. The lowest BCUT2D eigenvalue weighted by molar-refractivity contribution is -0.143. The van der Waals surface area contributed by atoms with Crippen LogP contribution in [0.15, 0.2) is 0 Å². The average Bonchev–Trinajstić information content (AvgIpc) is 1.95. The Labute approximate surface area is 97.2 Å². The normalized spacial score (nSPS) is 16.8. The summed E-state index contributed by atoms with van der Waals surface area (Å²) < 4.78 is 11.2. The molecule has 0 aromatic heterocycles. The maximum Gasteiger partial charge on any atom is 0.359 e. The van der Waals surface area contributed by atoms with Crippen LogP contribution in [0.1, 0.15) is 20.3 Å². The van der Waals surface area contributed by atoms with Crippen molar-refractivity contribution < 1.29 is 24.3 Å². The van der Waals surface area contributed by atoms with Crippen molar-refractivity contribution in [2.75, 3.05) is 0 Å². The Kier molecular flexibility index (Phi) is 5.05. The second-order valence-corrected chi connectivity index (χ2v) is 6.17. The van der Waals surface area contributed by atoms with Gasteiger partial charge in [-0.25, -0.2) is 4.79 Å². The highest BCUT2D eigenvalue weighted by Gasteiger charge is 2.58. The molecule has 0 bridgehead atoms. The first-order chi connectivity index (χ1) is 6.55. The minimum atomic E-state index is -5.01. The fourth-order valence-electron chi connectivity index (χ4n) is 1.14. The molecule has 0 aliphatic heterocycles. The zero-order valence-corrected chi connectivity index (χ0v) is 10.5. The Morgan fingerprint density at radius 3 is 1.93 bits per heavy atom. The largest absolute Gasteiger partial charge is 0.479 e. The summed E-state index contributed by atoms with van der Waals surface area (Å²) in [4.78, 5) is 29.0. The predicted octanol–water partition coefficient (Wildman–Crippen LogP) is 1.60. The third kappa shape index (κ3) is 3.06. The molecule has 0 spiro atoms. The van der Waals surface area contributed by atoms with Gasteiger partial charge in [-0.05, 0) is 35.9 Å². The first-order valence-corrected chi connectivity index (χ1v) is 6.25. The van der Waals surface area contributed by atoms with Crippen LogP contribution in [0.5, 0.6) is 0 Å². The average molecular weight is 280 g/mol. The summed E-state index contributed by atoms with van der Waals surface area (Å²) in [6, 6.07) is 0. The van der Waals surface area contributed by atoms with Gasteiger partial charge in [0.05, 0.1) is 0 Å². The number of carboxylic acids is 1. The summed E-state index contributed by atoms with van der Waals surface area (Å²) >= 11 is 10.5. The summed E-state index contributed by atoms with van der Waals surface area (Å²) in [6.07, 6.45) is -0.361. The summed E-state index contributed by atoms with van der Waals surface area (Å²) in [5, 5.41) is 6.28. The van der Waals surface area contributed by atoms with Crippen LogP contribution in [0.4, 0.5) is 0 Å². The number of hydrogen-bond donors (Lipinski definition) is 3. The van der Waals surface area contributed by atoms with Gasteiger partial charge in [-0.2, -0.15) is 0 Å². The molecule has 3 N–H and O–H groups in total. The molecule has 0 saturated heterocycles. The number of carbonyl (C=O) groups is 1. The number of rotatable bonds is 5. The van der Waals surface area contributed by atoms with Crippen molar-refractivity contribution in [2.45, 2.75) is 25.5 Å². The number of nitrogens with zero attached hydrogens (tertiary/aromatic N) is 1. The molecule has 0 aromatic carbocycles. The highest BCUT2D eigenvalue weighted by Crippen LogP contribution is 2.57. The highest BCUT2D eigenvalue weighted by molar-refractivity contribution is 7.54. The second kappa shape index (κ2) is 4.99. The van der Waals surface area contributed by atoms with E-state index >= 15 is 0 Å². The predicted molar refractivity (Wildman–Crippen MR) is 55.4 cm³/mol. The lowest BCUT2D eigenvalue weighted by atomic mass is 10.0. The fourth-order valence-corrected chi connectivity index (χ4v) is 3.06. The Morgan fingerprint density at radius 1 is 1.47 bits per heavy atom. The number of halogens is 2. The molecule has 0 heterocycles.